The molecule has 14 heteroatoms. The van der Waals surface area contributed by atoms with E-state index in [2.05, 4.69) is 50.4 Å². The van der Waals surface area contributed by atoms with Crippen LogP contribution in [-0.2, 0) is 0 Å². The molecule has 0 atom stereocenters. The number of azide groups is 2. The summed E-state index contributed by atoms with van der Waals surface area (Å²) in [5.41, 5.74) is 17.6. The molecular weight excluding hydrogens is 376 g/mol. The number of rotatable bonds is 11. The van der Waals surface area contributed by atoms with Gasteiger partial charge in [0.1, 0.15) is 11.4 Å². The lowest BCUT2D eigenvalue weighted by atomic mass is 10.3. The second-order valence-electron chi connectivity index (χ2n) is 4.56. The van der Waals surface area contributed by atoms with Gasteiger partial charge >= 0.3 is 0 Å². The van der Waals surface area contributed by atoms with E-state index in [0.29, 0.717) is 34.8 Å². The van der Waals surface area contributed by atoms with E-state index in [1.807, 2.05) is 0 Å². The average molecular weight is 390 g/mol. The highest BCUT2D eigenvalue weighted by Crippen LogP contribution is 2.20. The van der Waals surface area contributed by atoms with E-state index in [9.17, 15) is 0 Å². The largest absolute Gasteiger partial charge is 0.218 e. The molecule has 0 fully saturated rings. The van der Waals surface area contributed by atoms with Crippen molar-refractivity contribution in [3.05, 3.63) is 33.3 Å². The molecule has 0 aliphatic carbocycles. The van der Waals surface area contributed by atoms with Crippen LogP contribution in [0.4, 0.5) is 0 Å². The van der Waals surface area contributed by atoms with Crippen LogP contribution >= 0.6 is 23.5 Å². The Morgan fingerprint density at radius 2 is 1.27 bits per heavy atom. The Kier molecular flexibility index (Phi) is 8.94. The van der Waals surface area contributed by atoms with Gasteiger partial charge in [-0.05, 0) is 23.9 Å². The molecule has 12 nitrogen and oxygen atoms in total. The van der Waals surface area contributed by atoms with Gasteiger partial charge in [0.15, 0.2) is 0 Å². The maximum absolute atomic E-state index is 8.24. The third kappa shape index (κ3) is 7.07. The van der Waals surface area contributed by atoms with Crippen LogP contribution in [0.3, 0.4) is 0 Å². The molecular formula is C12H14N12S2. The molecule has 2 aromatic heterocycles. The fraction of sp³-hybridized carbons (Fsp3) is 0.500. The van der Waals surface area contributed by atoms with Gasteiger partial charge in [-0.25, -0.2) is 9.97 Å². The average Bonchev–Trinajstić information content (AvgIpc) is 2.68. The summed E-state index contributed by atoms with van der Waals surface area (Å²) < 4.78 is 0. The summed E-state index contributed by atoms with van der Waals surface area (Å²) in [6, 6.07) is 0. The van der Waals surface area contributed by atoms with E-state index in [1.54, 1.807) is 0 Å². The Morgan fingerprint density at radius 3 is 1.69 bits per heavy atom. The zero-order chi connectivity index (χ0) is 18.5. The zero-order valence-corrected chi connectivity index (χ0v) is 15.2. The molecule has 0 N–H and O–H groups in total. The minimum Gasteiger partial charge on any atom is -0.218 e. The Labute approximate surface area is 156 Å². The minimum atomic E-state index is 0.437. The monoisotopic (exact) mass is 390 g/mol. The zero-order valence-electron chi connectivity index (χ0n) is 13.6. The molecule has 0 unspecified atom stereocenters. The quantitative estimate of drug-likeness (QED) is 0.184. The fourth-order valence-electron chi connectivity index (χ4n) is 1.63. The first-order valence-electron chi connectivity index (χ1n) is 7.50. The van der Waals surface area contributed by atoms with Gasteiger partial charge in [0.05, 0.1) is 12.4 Å². The number of hydrogen-bond acceptors (Lipinski definition) is 10. The third-order valence-corrected chi connectivity index (χ3v) is 4.58. The Balaban J connectivity index is 1.95. The van der Waals surface area contributed by atoms with Gasteiger partial charge in [-0.2, -0.15) is 10.2 Å². The molecule has 26 heavy (non-hydrogen) atoms. The van der Waals surface area contributed by atoms with Gasteiger partial charge < -0.3 is 0 Å². The van der Waals surface area contributed by atoms with E-state index in [4.69, 9.17) is 11.1 Å². The lowest BCUT2D eigenvalue weighted by Crippen LogP contribution is -1.99. The van der Waals surface area contributed by atoms with Crippen LogP contribution < -0.4 is 0 Å². The molecule has 2 rings (SSSR count). The van der Waals surface area contributed by atoms with Gasteiger partial charge in [0, 0.05) is 34.4 Å². The molecule has 0 saturated heterocycles. The van der Waals surface area contributed by atoms with E-state index >= 15 is 0 Å². The van der Waals surface area contributed by atoms with Crippen molar-refractivity contribution >= 4 is 23.5 Å². The van der Waals surface area contributed by atoms with Gasteiger partial charge in [-0.1, -0.05) is 33.8 Å². The molecule has 2 heterocycles. The van der Waals surface area contributed by atoms with Crippen molar-refractivity contribution in [3.63, 3.8) is 0 Å². The van der Waals surface area contributed by atoms with Gasteiger partial charge in [0.25, 0.3) is 0 Å². The van der Waals surface area contributed by atoms with Crippen LogP contribution in [-0.4, -0.2) is 55.0 Å². The number of nitrogens with zero attached hydrogens (tertiary/aromatic N) is 12. The lowest BCUT2D eigenvalue weighted by molar-refractivity contribution is 0.813. The van der Waals surface area contributed by atoms with Gasteiger partial charge in [-0.15, -0.1) is 10.2 Å². The van der Waals surface area contributed by atoms with Crippen molar-refractivity contribution in [2.45, 2.75) is 23.2 Å². The van der Waals surface area contributed by atoms with Crippen molar-refractivity contribution in [2.75, 3.05) is 24.6 Å². The summed E-state index contributed by atoms with van der Waals surface area (Å²) in [6.45, 7) is 0.874. The highest BCUT2D eigenvalue weighted by atomic mass is 32.2. The SMILES string of the molecule is [N-]=[N+]=NCCCSc1nncc(-c2cnnc(SCCCN=[N+]=[N-])n2)n1. The van der Waals surface area contributed by atoms with Gasteiger partial charge in [0.2, 0.25) is 10.3 Å². The highest BCUT2D eigenvalue weighted by molar-refractivity contribution is 7.99. The summed E-state index contributed by atoms with van der Waals surface area (Å²) in [5, 5.41) is 23.8. The van der Waals surface area contributed by atoms with Crippen LogP contribution in [0.15, 0.2) is 32.9 Å². The number of aromatic nitrogens is 6. The fourth-order valence-corrected chi connectivity index (χ4v) is 3.08. The molecule has 0 aliphatic heterocycles. The molecule has 134 valence electrons. The summed E-state index contributed by atoms with van der Waals surface area (Å²) in [4.78, 5) is 14.2. The minimum absolute atomic E-state index is 0.437. The van der Waals surface area contributed by atoms with Gasteiger partial charge in [-0.3, -0.25) is 0 Å². The van der Waals surface area contributed by atoms with Crippen molar-refractivity contribution < 1.29 is 0 Å². The maximum Gasteiger partial charge on any atom is 0.209 e. The Bertz CT molecular complexity index is 735. The van der Waals surface area contributed by atoms with E-state index in [-0.39, 0.29) is 0 Å². The van der Waals surface area contributed by atoms with Crippen LogP contribution in [0.5, 0.6) is 0 Å². The van der Waals surface area contributed by atoms with Crippen LogP contribution in [0.1, 0.15) is 12.8 Å². The predicted molar refractivity (Wildman–Crippen MR) is 97.4 cm³/mol. The van der Waals surface area contributed by atoms with E-state index in [1.165, 1.54) is 35.9 Å². The highest BCUT2D eigenvalue weighted by Gasteiger charge is 2.08. The predicted octanol–water partition coefficient (Wildman–Crippen LogP) is 3.31. The van der Waals surface area contributed by atoms with Crippen molar-refractivity contribution in [1.82, 2.24) is 30.4 Å². The molecule has 0 amide bonds. The molecule has 0 saturated carbocycles. The maximum atomic E-state index is 8.24. The normalized spacial score (nSPS) is 10.0. The van der Waals surface area contributed by atoms with Crippen LogP contribution in [0.25, 0.3) is 32.3 Å². The molecule has 0 aliphatic rings. The first-order valence-corrected chi connectivity index (χ1v) is 9.47. The Hall–Kier alpha value is -2.66. The van der Waals surface area contributed by atoms with E-state index in [0.717, 1.165) is 24.3 Å². The van der Waals surface area contributed by atoms with Crippen molar-refractivity contribution in [1.29, 1.82) is 0 Å². The number of thioether (sulfide) groups is 2. The molecule has 0 bridgehead atoms. The molecule has 0 aromatic carbocycles. The van der Waals surface area contributed by atoms with Crippen molar-refractivity contribution in [2.24, 2.45) is 10.2 Å². The van der Waals surface area contributed by atoms with E-state index < -0.39 is 0 Å². The second-order valence-corrected chi connectivity index (χ2v) is 6.69. The first kappa shape index (κ1) is 19.7. The Morgan fingerprint density at radius 1 is 0.808 bits per heavy atom. The molecule has 2 aromatic rings. The smallest absolute Gasteiger partial charge is 0.209 e. The summed E-state index contributed by atoms with van der Waals surface area (Å²) in [5.74, 6) is 1.44. The number of hydrogen-bond donors (Lipinski definition) is 0. The second kappa shape index (κ2) is 11.8. The standard InChI is InChI=1S/C12H14N12S2/c13-23-15-3-1-5-25-11-19-9(7-17-21-11)10-8-18-22-12(20-10)26-6-2-4-16-24-14/h7-8H,1-6H2. The summed E-state index contributed by atoms with van der Waals surface area (Å²) in [7, 11) is 0. The lowest BCUT2D eigenvalue weighted by Gasteiger charge is -2.03. The topological polar surface area (TPSA) is 175 Å². The van der Waals surface area contributed by atoms with Crippen LogP contribution in [0, 0.1) is 0 Å². The first-order chi connectivity index (χ1) is 12.8. The molecule has 0 radical (unpaired) electrons. The van der Waals surface area contributed by atoms with Crippen LogP contribution in [0.2, 0.25) is 0 Å². The molecule has 0 spiro atoms. The van der Waals surface area contributed by atoms with Crippen molar-refractivity contribution in [3.8, 4) is 11.4 Å². The summed E-state index contributed by atoms with van der Waals surface area (Å²) >= 11 is 2.86. The summed E-state index contributed by atoms with van der Waals surface area (Å²) in [6.07, 6.45) is 4.50. The third-order valence-electron chi connectivity index (χ3n) is 2.73.